The van der Waals surface area contributed by atoms with Gasteiger partial charge in [-0.15, -0.1) is 0 Å². The molecule has 0 amide bonds. The average molecular weight is 237 g/mol. The Bertz CT molecular complexity index is 382. The van der Waals surface area contributed by atoms with E-state index in [1.54, 1.807) is 0 Å². The summed E-state index contributed by atoms with van der Waals surface area (Å²) in [4.78, 5) is 0. The zero-order chi connectivity index (χ0) is 11.2. The van der Waals surface area contributed by atoms with Crippen LogP contribution in [0.25, 0.3) is 0 Å². The predicted molar refractivity (Wildman–Crippen MR) is 63.9 cm³/mol. The van der Waals surface area contributed by atoms with Crippen LogP contribution in [0.4, 0.5) is 0 Å². The second-order valence-electron chi connectivity index (χ2n) is 4.91. The van der Waals surface area contributed by atoms with Gasteiger partial charge in [-0.3, -0.25) is 0 Å². The highest BCUT2D eigenvalue weighted by Gasteiger charge is 2.49. The first-order valence-corrected chi connectivity index (χ1v) is 6.72. The Morgan fingerprint density at radius 1 is 1.31 bits per heavy atom. The molecule has 0 radical (unpaired) electrons. The van der Waals surface area contributed by atoms with E-state index in [0.29, 0.717) is 0 Å². The van der Waals surface area contributed by atoms with Crippen molar-refractivity contribution in [3.8, 4) is 0 Å². The monoisotopic (exact) mass is 237 g/mol. The van der Waals surface area contributed by atoms with Gasteiger partial charge >= 0.3 is 0 Å². The summed E-state index contributed by atoms with van der Waals surface area (Å²) in [5, 5.41) is 0. The molecule has 16 heavy (non-hydrogen) atoms. The Hall–Kier alpha value is -0.470. The first-order chi connectivity index (χ1) is 7.67. The molecule has 0 aliphatic carbocycles. The summed E-state index contributed by atoms with van der Waals surface area (Å²) in [5.74, 6) is 0. The molecule has 1 unspecified atom stereocenters. The maximum absolute atomic E-state index is 5.98. The van der Waals surface area contributed by atoms with Gasteiger partial charge in [0.15, 0.2) is 0 Å². The van der Waals surface area contributed by atoms with Crippen molar-refractivity contribution in [3.05, 3.63) is 35.9 Å². The van der Waals surface area contributed by atoms with Crippen molar-refractivity contribution in [2.75, 3.05) is 13.2 Å². The van der Waals surface area contributed by atoms with Gasteiger partial charge in [0, 0.05) is 12.1 Å². The zero-order valence-electron chi connectivity index (χ0n) is 9.59. The minimum absolute atomic E-state index is 0.120. The Balaban J connectivity index is 1.80. The molecule has 2 saturated heterocycles. The fourth-order valence-electron chi connectivity index (χ4n) is 2.11. The van der Waals surface area contributed by atoms with Gasteiger partial charge in [0.05, 0.1) is 6.61 Å². The number of fused-ring (bicyclic) bond motifs is 1. The van der Waals surface area contributed by atoms with E-state index >= 15 is 0 Å². The quantitative estimate of drug-likeness (QED) is 0.700. The van der Waals surface area contributed by atoms with Gasteiger partial charge in [-0.05, 0) is 19.4 Å². The summed E-state index contributed by atoms with van der Waals surface area (Å²) >= 11 is 0. The molecule has 2 aliphatic rings. The molecule has 0 bridgehead atoms. The second kappa shape index (κ2) is 3.78. The Morgan fingerprint density at radius 2 is 2.06 bits per heavy atom. The van der Waals surface area contributed by atoms with Crippen LogP contribution < -0.4 is 0 Å². The fourth-order valence-corrected chi connectivity index (χ4v) is 4.04. The molecule has 86 valence electrons. The third kappa shape index (κ3) is 1.68. The van der Waals surface area contributed by atoms with E-state index in [9.17, 15) is 0 Å². The molecule has 2 heterocycles. The van der Waals surface area contributed by atoms with Crippen LogP contribution in [0.1, 0.15) is 25.5 Å². The van der Waals surface area contributed by atoms with E-state index in [1.165, 1.54) is 5.56 Å². The number of hydrogen-bond donors (Lipinski definition) is 0. The van der Waals surface area contributed by atoms with Crippen molar-refractivity contribution in [1.29, 1.82) is 0 Å². The van der Waals surface area contributed by atoms with E-state index in [2.05, 4.69) is 42.8 Å². The summed E-state index contributed by atoms with van der Waals surface area (Å²) in [6.45, 7) is 6.15. The van der Waals surface area contributed by atoms with E-state index < -0.39 is 8.53 Å². The molecule has 0 N–H and O–H groups in total. The van der Waals surface area contributed by atoms with Gasteiger partial charge in [0.2, 0.25) is 0 Å². The standard InChI is InChI=1S/C12H16NO2P/c1-12(2)9-14-16-13(12)8-11(15-16)10-6-4-3-5-7-10/h3-7,11H,8-9H2,1-2H3/t11-,16?/m0/s1. The predicted octanol–water partition coefficient (Wildman–Crippen LogP) is 3.10. The first-order valence-electron chi connectivity index (χ1n) is 5.59. The van der Waals surface area contributed by atoms with Crippen molar-refractivity contribution < 1.29 is 9.05 Å². The third-order valence-electron chi connectivity index (χ3n) is 3.15. The first kappa shape index (κ1) is 10.7. The topological polar surface area (TPSA) is 21.7 Å². The van der Waals surface area contributed by atoms with Crippen molar-refractivity contribution in [2.45, 2.75) is 25.5 Å². The van der Waals surface area contributed by atoms with E-state index in [4.69, 9.17) is 9.05 Å². The van der Waals surface area contributed by atoms with E-state index in [-0.39, 0.29) is 11.6 Å². The number of hydrogen-bond acceptors (Lipinski definition) is 3. The molecule has 2 atom stereocenters. The molecule has 2 fully saturated rings. The van der Waals surface area contributed by atoms with Crippen LogP contribution in [0.15, 0.2) is 30.3 Å². The summed E-state index contributed by atoms with van der Waals surface area (Å²) < 4.78 is 14.0. The molecule has 4 heteroatoms. The second-order valence-corrected chi connectivity index (χ2v) is 6.34. The Morgan fingerprint density at radius 3 is 2.75 bits per heavy atom. The van der Waals surface area contributed by atoms with Gasteiger partial charge in [-0.25, -0.2) is 4.67 Å². The van der Waals surface area contributed by atoms with Crippen LogP contribution in [-0.4, -0.2) is 23.4 Å². The lowest BCUT2D eigenvalue weighted by atomic mass is 10.1. The molecule has 3 nitrogen and oxygen atoms in total. The van der Waals surface area contributed by atoms with Crippen LogP contribution in [0, 0.1) is 0 Å². The molecule has 1 aromatic rings. The molecule has 0 saturated carbocycles. The number of nitrogens with zero attached hydrogens (tertiary/aromatic N) is 1. The molecular weight excluding hydrogens is 221 g/mol. The van der Waals surface area contributed by atoms with Gasteiger partial charge in [-0.1, -0.05) is 30.3 Å². The van der Waals surface area contributed by atoms with Crippen LogP contribution in [0.5, 0.6) is 0 Å². The number of rotatable bonds is 1. The lowest BCUT2D eigenvalue weighted by molar-refractivity contribution is 0.162. The Kier molecular flexibility index (Phi) is 2.52. The van der Waals surface area contributed by atoms with Crippen LogP contribution in [0.2, 0.25) is 0 Å². The molecule has 0 spiro atoms. The van der Waals surface area contributed by atoms with Crippen LogP contribution in [0.3, 0.4) is 0 Å². The highest BCUT2D eigenvalue weighted by Crippen LogP contribution is 2.61. The smallest absolute Gasteiger partial charge is 0.260 e. The maximum atomic E-state index is 5.98. The van der Waals surface area contributed by atoms with E-state index in [1.807, 2.05) is 6.07 Å². The third-order valence-corrected chi connectivity index (χ3v) is 5.04. The fraction of sp³-hybridized carbons (Fsp3) is 0.500. The minimum atomic E-state index is -0.811. The van der Waals surface area contributed by atoms with Crippen LogP contribution >= 0.6 is 8.53 Å². The molecule has 0 aromatic heterocycles. The molecular formula is C12H16NO2P. The van der Waals surface area contributed by atoms with Crippen molar-refractivity contribution in [3.63, 3.8) is 0 Å². The lowest BCUT2D eigenvalue weighted by Gasteiger charge is -2.25. The minimum Gasteiger partial charge on any atom is -0.320 e. The molecule has 2 aliphatic heterocycles. The Labute approximate surface area is 97.3 Å². The lowest BCUT2D eigenvalue weighted by Crippen LogP contribution is -2.37. The largest absolute Gasteiger partial charge is 0.320 e. The molecule has 1 aromatic carbocycles. The van der Waals surface area contributed by atoms with Crippen LogP contribution in [-0.2, 0) is 9.05 Å². The summed E-state index contributed by atoms with van der Waals surface area (Å²) in [7, 11) is -0.811. The summed E-state index contributed by atoms with van der Waals surface area (Å²) in [6.07, 6.45) is 0.173. The van der Waals surface area contributed by atoms with E-state index in [0.717, 1.165) is 13.2 Å². The maximum Gasteiger partial charge on any atom is 0.260 e. The van der Waals surface area contributed by atoms with Gasteiger partial charge in [0.25, 0.3) is 8.53 Å². The van der Waals surface area contributed by atoms with Gasteiger partial charge in [-0.2, -0.15) is 0 Å². The summed E-state index contributed by atoms with van der Waals surface area (Å²) in [5.41, 5.74) is 1.37. The zero-order valence-corrected chi connectivity index (χ0v) is 10.5. The highest BCUT2D eigenvalue weighted by atomic mass is 31.2. The summed E-state index contributed by atoms with van der Waals surface area (Å²) in [6, 6.07) is 10.4. The average Bonchev–Trinajstić information content (AvgIpc) is 2.82. The van der Waals surface area contributed by atoms with Gasteiger partial charge < -0.3 is 9.05 Å². The van der Waals surface area contributed by atoms with Crippen molar-refractivity contribution in [2.24, 2.45) is 0 Å². The molecule has 3 rings (SSSR count). The van der Waals surface area contributed by atoms with Crippen molar-refractivity contribution >= 4 is 8.53 Å². The highest BCUT2D eigenvalue weighted by molar-refractivity contribution is 7.45. The van der Waals surface area contributed by atoms with Crippen molar-refractivity contribution in [1.82, 2.24) is 4.67 Å². The number of benzene rings is 1. The van der Waals surface area contributed by atoms with Gasteiger partial charge in [0.1, 0.15) is 6.10 Å². The SMILES string of the molecule is CC1(C)COP2O[C@H](c3ccccc3)CN21. The normalized spacial score (nSPS) is 32.9.